The van der Waals surface area contributed by atoms with E-state index in [-0.39, 0.29) is 31.7 Å². The SMILES string of the molecule is CC(C)CC[C@H](O)[C@H](CC1CCCCC1)NC(=O)[C@H](Cc1cnc[nH]1)N(C)C(=O)[C@H](Cc1ccccc1)OC(=O)N(C)CCC(=O)N(C)Cc1ccccn1. The highest BCUT2D eigenvalue weighted by Crippen LogP contribution is 2.29. The van der Waals surface area contributed by atoms with Crippen molar-refractivity contribution in [2.45, 2.75) is 115 Å². The number of aliphatic hydroxyl groups is 1. The maximum absolute atomic E-state index is 14.4. The lowest BCUT2D eigenvalue weighted by atomic mass is 9.83. The third-order valence-corrected chi connectivity index (χ3v) is 10.5. The van der Waals surface area contributed by atoms with Gasteiger partial charge in [-0.25, -0.2) is 9.78 Å². The van der Waals surface area contributed by atoms with Gasteiger partial charge in [-0.1, -0.05) is 82.3 Å². The first-order valence-corrected chi connectivity index (χ1v) is 19.7. The lowest BCUT2D eigenvalue weighted by molar-refractivity contribution is -0.146. The maximum Gasteiger partial charge on any atom is 0.410 e. The Balaban J connectivity index is 1.50. The van der Waals surface area contributed by atoms with Crippen LogP contribution < -0.4 is 5.32 Å². The molecule has 3 N–H and O–H groups in total. The number of hydrogen-bond acceptors (Lipinski definition) is 8. The van der Waals surface area contributed by atoms with Crippen molar-refractivity contribution in [1.82, 2.24) is 35.0 Å². The normalized spacial score (nSPS) is 15.4. The van der Waals surface area contributed by atoms with Crippen LogP contribution >= 0.6 is 0 Å². The van der Waals surface area contributed by atoms with E-state index >= 15 is 0 Å². The minimum absolute atomic E-state index is 0.0452. The summed E-state index contributed by atoms with van der Waals surface area (Å²) in [5, 5.41) is 14.6. The highest BCUT2D eigenvalue weighted by Gasteiger charge is 2.36. The standard InChI is InChI=1S/C42H61N7O6/c1-30(2)19-20-37(50)35(24-31-14-8-6-9-15-31)46-40(52)36(26-34-27-43-29-45-34)49(5)41(53)38(25-32-16-10-7-11-17-32)55-42(54)47(3)23-21-39(51)48(4)28-33-18-12-13-22-44-33/h7,10-13,16-18,22,27,29-31,35-38,50H,6,8-9,14-15,19-21,23-26,28H2,1-5H3,(H,43,45)(H,46,52)/t35-,36-,37-,38-/m0/s1. The molecule has 1 saturated carbocycles. The predicted octanol–water partition coefficient (Wildman–Crippen LogP) is 5.15. The predicted molar refractivity (Wildman–Crippen MR) is 210 cm³/mol. The van der Waals surface area contributed by atoms with Crippen molar-refractivity contribution in [2.24, 2.45) is 11.8 Å². The van der Waals surface area contributed by atoms with E-state index in [9.17, 15) is 24.3 Å². The number of aromatic amines is 1. The summed E-state index contributed by atoms with van der Waals surface area (Å²) >= 11 is 0. The number of pyridine rings is 1. The van der Waals surface area contributed by atoms with E-state index in [0.29, 0.717) is 36.9 Å². The molecular formula is C42H61N7O6. The first kappa shape index (κ1) is 43.0. The topological polar surface area (TPSA) is 161 Å². The van der Waals surface area contributed by atoms with Crippen molar-refractivity contribution in [3.8, 4) is 0 Å². The molecule has 0 bridgehead atoms. The molecule has 1 aliphatic carbocycles. The average Bonchev–Trinajstić information content (AvgIpc) is 3.71. The van der Waals surface area contributed by atoms with Crippen LogP contribution in [-0.4, -0.2) is 111 Å². The van der Waals surface area contributed by atoms with Gasteiger partial charge in [0, 0.05) is 65.0 Å². The molecule has 0 unspecified atom stereocenters. The van der Waals surface area contributed by atoms with Crippen molar-refractivity contribution in [2.75, 3.05) is 27.7 Å². The van der Waals surface area contributed by atoms with E-state index < -0.39 is 42.2 Å². The first-order chi connectivity index (χ1) is 26.4. The second-order valence-electron chi connectivity index (χ2n) is 15.4. The smallest absolute Gasteiger partial charge is 0.410 e. The number of amides is 4. The van der Waals surface area contributed by atoms with Crippen molar-refractivity contribution < 1.29 is 29.0 Å². The Labute approximate surface area is 326 Å². The lowest BCUT2D eigenvalue weighted by Crippen LogP contribution is -2.56. The fraction of sp³-hybridized carbons (Fsp3) is 0.571. The van der Waals surface area contributed by atoms with Crippen LogP contribution in [0.3, 0.4) is 0 Å². The van der Waals surface area contributed by atoms with Gasteiger partial charge in [0.25, 0.3) is 5.91 Å². The van der Waals surface area contributed by atoms with Gasteiger partial charge in [0.15, 0.2) is 6.10 Å². The summed E-state index contributed by atoms with van der Waals surface area (Å²) in [6, 6.07) is 13.3. The fourth-order valence-electron chi connectivity index (χ4n) is 7.06. The van der Waals surface area contributed by atoms with E-state index in [1.54, 1.807) is 31.4 Å². The second-order valence-corrected chi connectivity index (χ2v) is 15.4. The molecule has 300 valence electrons. The summed E-state index contributed by atoms with van der Waals surface area (Å²) in [6.07, 6.45) is 9.96. The molecule has 2 heterocycles. The molecule has 1 fully saturated rings. The quantitative estimate of drug-likeness (QED) is 0.143. The second kappa shape index (κ2) is 21.9. The van der Waals surface area contributed by atoms with Crippen molar-refractivity contribution in [1.29, 1.82) is 0 Å². The molecular weight excluding hydrogens is 699 g/mol. The Morgan fingerprint density at radius 2 is 1.67 bits per heavy atom. The number of imidazole rings is 1. The van der Waals surface area contributed by atoms with E-state index in [4.69, 9.17) is 4.74 Å². The number of rotatable bonds is 20. The number of carbonyl (C=O) groups excluding carboxylic acids is 4. The largest absolute Gasteiger partial charge is 0.436 e. The highest BCUT2D eigenvalue weighted by molar-refractivity contribution is 5.90. The van der Waals surface area contributed by atoms with Gasteiger partial charge >= 0.3 is 6.09 Å². The number of benzene rings is 1. The first-order valence-electron chi connectivity index (χ1n) is 19.7. The molecule has 0 aliphatic heterocycles. The van der Waals surface area contributed by atoms with Crippen LogP contribution in [0.2, 0.25) is 0 Å². The number of nitrogens with one attached hydrogen (secondary N) is 2. The number of aliphatic hydroxyl groups excluding tert-OH is 1. The van der Waals surface area contributed by atoms with Crippen molar-refractivity contribution in [3.05, 3.63) is 84.2 Å². The van der Waals surface area contributed by atoms with Gasteiger partial charge in [-0.15, -0.1) is 0 Å². The Morgan fingerprint density at radius 3 is 2.33 bits per heavy atom. The molecule has 4 amide bonds. The van der Waals surface area contributed by atoms with Crippen molar-refractivity contribution in [3.63, 3.8) is 0 Å². The van der Waals surface area contributed by atoms with E-state index in [1.807, 2.05) is 48.5 Å². The highest BCUT2D eigenvalue weighted by atomic mass is 16.6. The third-order valence-electron chi connectivity index (χ3n) is 10.5. The molecule has 0 spiro atoms. The molecule has 4 rings (SSSR count). The van der Waals surface area contributed by atoms with Gasteiger partial charge in [-0.05, 0) is 48.8 Å². The van der Waals surface area contributed by atoms with Gasteiger partial charge in [-0.3, -0.25) is 19.4 Å². The lowest BCUT2D eigenvalue weighted by Gasteiger charge is -2.34. The van der Waals surface area contributed by atoms with Gasteiger partial charge in [0.05, 0.1) is 30.7 Å². The van der Waals surface area contributed by atoms with Crippen LogP contribution in [0.4, 0.5) is 4.79 Å². The fourth-order valence-corrected chi connectivity index (χ4v) is 7.06. The van der Waals surface area contributed by atoms with Crippen LogP contribution in [0.15, 0.2) is 67.3 Å². The Bertz CT molecular complexity index is 1600. The number of H-pyrrole nitrogens is 1. The molecule has 0 radical (unpaired) electrons. The van der Waals surface area contributed by atoms with Gasteiger partial charge in [0.1, 0.15) is 6.04 Å². The van der Waals surface area contributed by atoms with Crippen LogP contribution in [0, 0.1) is 11.8 Å². The van der Waals surface area contributed by atoms with Crippen LogP contribution in [0.25, 0.3) is 0 Å². The van der Waals surface area contributed by atoms with Crippen molar-refractivity contribution >= 4 is 23.8 Å². The van der Waals surface area contributed by atoms with Crippen LogP contribution in [0.1, 0.15) is 88.6 Å². The Kier molecular flexibility index (Phi) is 17.1. The number of ether oxygens (including phenoxy) is 1. The van der Waals surface area contributed by atoms with Gasteiger partial charge < -0.3 is 34.8 Å². The van der Waals surface area contributed by atoms with Crippen LogP contribution in [-0.2, 0) is 38.5 Å². The molecule has 0 saturated heterocycles. The maximum atomic E-state index is 14.4. The minimum Gasteiger partial charge on any atom is -0.436 e. The number of nitrogens with zero attached hydrogens (tertiary/aromatic N) is 5. The average molecular weight is 760 g/mol. The molecule has 2 aromatic heterocycles. The summed E-state index contributed by atoms with van der Waals surface area (Å²) in [7, 11) is 4.74. The molecule has 13 heteroatoms. The number of carbonyl (C=O) groups is 4. The number of aromatic nitrogens is 3. The Morgan fingerprint density at radius 1 is 0.945 bits per heavy atom. The molecule has 3 aromatic rings. The summed E-state index contributed by atoms with van der Waals surface area (Å²) in [5.74, 6) is -0.322. The summed E-state index contributed by atoms with van der Waals surface area (Å²) in [4.78, 5) is 70.8. The third kappa shape index (κ3) is 14.1. The van der Waals surface area contributed by atoms with E-state index in [2.05, 4.69) is 34.1 Å². The van der Waals surface area contributed by atoms with Gasteiger partial charge in [0.2, 0.25) is 11.8 Å². The minimum atomic E-state index is -1.27. The zero-order valence-electron chi connectivity index (χ0n) is 33.2. The zero-order chi connectivity index (χ0) is 39.7. The van der Waals surface area contributed by atoms with Gasteiger partial charge in [-0.2, -0.15) is 0 Å². The molecule has 1 aliphatic rings. The molecule has 55 heavy (non-hydrogen) atoms. The van der Waals surface area contributed by atoms with E-state index in [1.165, 1.54) is 29.6 Å². The number of hydrogen-bond donors (Lipinski definition) is 3. The summed E-state index contributed by atoms with van der Waals surface area (Å²) in [5.41, 5.74) is 2.17. The monoisotopic (exact) mass is 759 g/mol. The summed E-state index contributed by atoms with van der Waals surface area (Å²) in [6.45, 7) is 4.63. The van der Waals surface area contributed by atoms with Crippen LogP contribution in [0.5, 0.6) is 0 Å². The van der Waals surface area contributed by atoms with E-state index in [0.717, 1.165) is 43.4 Å². The molecule has 4 atom stereocenters. The molecule has 13 nitrogen and oxygen atoms in total. The summed E-state index contributed by atoms with van der Waals surface area (Å²) < 4.78 is 5.90. The Hall–Kier alpha value is -4.78. The number of likely N-dealkylation sites (N-methyl/N-ethyl adjacent to an activating group) is 1. The molecule has 1 aromatic carbocycles. The zero-order valence-corrected chi connectivity index (χ0v) is 33.2.